The first-order valence-corrected chi connectivity index (χ1v) is 8.44. The van der Waals surface area contributed by atoms with Crippen LogP contribution in [-0.4, -0.2) is 8.42 Å². The van der Waals surface area contributed by atoms with Crippen LogP contribution in [0.3, 0.4) is 0 Å². The van der Waals surface area contributed by atoms with Gasteiger partial charge in [0, 0.05) is 5.69 Å². The van der Waals surface area contributed by atoms with Crippen LogP contribution in [0.25, 0.3) is 0 Å². The number of benzene rings is 2. The summed E-state index contributed by atoms with van der Waals surface area (Å²) in [5, 5.41) is 0. The minimum absolute atomic E-state index is 0.0868. The molecule has 1 aliphatic carbocycles. The summed E-state index contributed by atoms with van der Waals surface area (Å²) in [6.07, 6.45) is 3.96. The van der Waals surface area contributed by atoms with Crippen molar-refractivity contribution in [2.75, 3.05) is 4.72 Å². The number of anilines is 1. The second kappa shape index (κ2) is 5.29. The molecule has 0 saturated heterocycles. The SMILES string of the molecule is O=S1(=O)Cc2ccc(cc2)N1.c1ccc2c(c1)CCC2. The van der Waals surface area contributed by atoms with E-state index in [2.05, 4.69) is 29.0 Å². The third-order valence-corrected chi connectivity index (χ3v) is 4.85. The second-order valence-corrected chi connectivity index (χ2v) is 6.90. The van der Waals surface area contributed by atoms with Crippen LogP contribution in [0.4, 0.5) is 5.69 Å². The first kappa shape index (κ1) is 13.2. The van der Waals surface area contributed by atoms with Crippen molar-refractivity contribution in [2.24, 2.45) is 0 Å². The molecule has 0 aromatic heterocycles. The van der Waals surface area contributed by atoms with Crippen LogP contribution in [0.1, 0.15) is 23.1 Å². The smallest absolute Gasteiger partial charge is 0.236 e. The molecular weight excluding hydrogens is 270 g/mol. The zero-order valence-corrected chi connectivity index (χ0v) is 12.0. The molecule has 0 fully saturated rings. The highest BCUT2D eigenvalue weighted by Crippen LogP contribution is 2.20. The molecule has 1 N–H and O–H groups in total. The number of hydrogen-bond donors (Lipinski definition) is 1. The molecule has 0 atom stereocenters. The fourth-order valence-electron chi connectivity index (χ4n) is 2.62. The maximum atomic E-state index is 11.1. The van der Waals surface area contributed by atoms with Crippen LogP contribution >= 0.6 is 0 Å². The molecule has 2 aliphatic heterocycles. The zero-order chi connectivity index (χ0) is 14.0. The summed E-state index contributed by atoms with van der Waals surface area (Å²) in [4.78, 5) is 0. The number of aryl methyl sites for hydroxylation is 2. The molecular formula is C16H17NO2S. The number of rotatable bonds is 0. The molecule has 4 heteroatoms. The Morgan fingerprint density at radius 1 is 0.850 bits per heavy atom. The molecule has 2 aromatic carbocycles. The van der Waals surface area contributed by atoms with Crippen molar-refractivity contribution in [2.45, 2.75) is 25.0 Å². The Morgan fingerprint density at radius 3 is 2.05 bits per heavy atom. The Hall–Kier alpha value is -1.81. The largest absolute Gasteiger partial charge is 0.283 e. The maximum Gasteiger partial charge on any atom is 0.236 e. The number of fused-ring (bicyclic) bond motifs is 5. The van der Waals surface area contributed by atoms with Crippen molar-refractivity contribution < 1.29 is 8.42 Å². The van der Waals surface area contributed by atoms with E-state index in [4.69, 9.17) is 0 Å². The fraction of sp³-hybridized carbons (Fsp3) is 0.250. The molecule has 0 unspecified atom stereocenters. The van der Waals surface area contributed by atoms with E-state index in [1.807, 2.05) is 12.1 Å². The summed E-state index contributed by atoms with van der Waals surface area (Å²) >= 11 is 0. The van der Waals surface area contributed by atoms with Gasteiger partial charge in [-0.2, -0.15) is 0 Å². The quantitative estimate of drug-likeness (QED) is 0.809. The van der Waals surface area contributed by atoms with Gasteiger partial charge in [-0.1, -0.05) is 36.4 Å². The van der Waals surface area contributed by atoms with Crippen molar-refractivity contribution in [1.82, 2.24) is 0 Å². The van der Waals surface area contributed by atoms with Crippen LogP contribution in [0.15, 0.2) is 48.5 Å². The highest BCUT2D eigenvalue weighted by molar-refractivity contribution is 7.91. The van der Waals surface area contributed by atoms with Gasteiger partial charge in [-0.25, -0.2) is 8.42 Å². The Balaban J connectivity index is 0.000000123. The summed E-state index contributed by atoms with van der Waals surface area (Å²) in [6, 6.07) is 15.9. The molecule has 5 rings (SSSR count). The third kappa shape index (κ3) is 3.02. The Bertz CT molecular complexity index is 652. The van der Waals surface area contributed by atoms with Gasteiger partial charge in [-0.15, -0.1) is 0 Å². The fourth-order valence-corrected chi connectivity index (χ4v) is 3.82. The van der Waals surface area contributed by atoms with Gasteiger partial charge < -0.3 is 0 Å². The lowest BCUT2D eigenvalue weighted by molar-refractivity contribution is 0.601. The van der Waals surface area contributed by atoms with Crippen molar-refractivity contribution in [3.8, 4) is 0 Å². The van der Waals surface area contributed by atoms with E-state index in [0.717, 1.165) is 5.56 Å². The highest BCUT2D eigenvalue weighted by Gasteiger charge is 2.15. The summed E-state index contributed by atoms with van der Waals surface area (Å²) in [7, 11) is -3.10. The summed E-state index contributed by atoms with van der Waals surface area (Å²) < 4.78 is 24.6. The lowest BCUT2D eigenvalue weighted by atomic mass is 10.1. The molecule has 2 aromatic rings. The van der Waals surface area contributed by atoms with Gasteiger partial charge in [-0.3, -0.25) is 4.72 Å². The molecule has 0 radical (unpaired) electrons. The van der Waals surface area contributed by atoms with Crippen molar-refractivity contribution in [3.05, 3.63) is 65.2 Å². The number of hydrogen-bond acceptors (Lipinski definition) is 2. The first-order chi connectivity index (χ1) is 9.62. The average Bonchev–Trinajstić information content (AvgIpc) is 2.78. The normalized spacial score (nSPS) is 17.4. The molecule has 3 aliphatic rings. The highest BCUT2D eigenvalue weighted by atomic mass is 32.2. The standard InChI is InChI=1S/C9H10.C7H7NO2S/c1-2-5-9-7-3-6-8(9)4-1;9-11(10)5-6-1-3-7(8-11)4-2-6/h1-2,4-5H,3,6-7H2;1-4,8H,5H2. The molecule has 2 heterocycles. The van der Waals surface area contributed by atoms with E-state index in [9.17, 15) is 8.42 Å². The lowest BCUT2D eigenvalue weighted by Gasteiger charge is -1.99. The van der Waals surface area contributed by atoms with Crippen molar-refractivity contribution >= 4 is 15.7 Å². The molecule has 0 amide bonds. The predicted octanol–water partition coefficient (Wildman–Crippen LogP) is 3.12. The van der Waals surface area contributed by atoms with Crippen LogP contribution in [0, 0.1) is 0 Å². The van der Waals surface area contributed by atoms with Crippen LogP contribution in [-0.2, 0) is 28.6 Å². The van der Waals surface area contributed by atoms with E-state index >= 15 is 0 Å². The summed E-state index contributed by atoms with van der Waals surface area (Å²) in [6.45, 7) is 0. The summed E-state index contributed by atoms with van der Waals surface area (Å²) in [5.74, 6) is 0.0868. The number of nitrogens with one attached hydrogen (secondary N) is 1. The van der Waals surface area contributed by atoms with Gasteiger partial charge in [0.05, 0.1) is 5.75 Å². The van der Waals surface area contributed by atoms with Gasteiger partial charge in [0.15, 0.2) is 0 Å². The second-order valence-electron chi connectivity index (χ2n) is 5.18. The number of sulfonamides is 1. The molecule has 3 nitrogen and oxygen atoms in total. The molecule has 104 valence electrons. The maximum absolute atomic E-state index is 11.1. The lowest BCUT2D eigenvalue weighted by Crippen LogP contribution is -2.11. The summed E-state index contributed by atoms with van der Waals surface area (Å²) in [5.41, 5.74) is 4.61. The van der Waals surface area contributed by atoms with E-state index in [0.29, 0.717) is 5.69 Å². The Morgan fingerprint density at radius 2 is 1.45 bits per heavy atom. The van der Waals surface area contributed by atoms with Gasteiger partial charge >= 0.3 is 0 Å². The van der Waals surface area contributed by atoms with E-state index in [1.165, 1.54) is 19.3 Å². The molecule has 2 bridgehead atoms. The topological polar surface area (TPSA) is 46.2 Å². The zero-order valence-electron chi connectivity index (χ0n) is 11.2. The Labute approximate surface area is 119 Å². The Kier molecular flexibility index (Phi) is 3.49. The first-order valence-electron chi connectivity index (χ1n) is 6.79. The van der Waals surface area contributed by atoms with Crippen LogP contribution in [0.5, 0.6) is 0 Å². The average molecular weight is 287 g/mol. The van der Waals surface area contributed by atoms with Gasteiger partial charge in [0.2, 0.25) is 10.0 Å². The van der Waals surface area contributed by atoms with E-state index < -0.39 is 10.0 Å². The third-order valence-electron chi connectivity index (χ3n) is 3.59. The van der Waals surface area contributed by atoms with E-state index in [1.54, 1.807) is 23.3 Å². The van der Waals surface area contributed by atoms with E-state index in [-0.39, 0.29) is 5.75 Å². The minimum Gasteiger partial charge on any atom is -0.283 e. The molecule has 20 heavy (non-hydrogen) atoms. The van der Waals surface area contributed by atoms with Crippen molar-refractivity contribution in [3.63, 3.8) is 0 Å². The monoisotopic (exact) mass is 287 g/mol. The van der Waals surface area contributed by atoms with Gasteiger partial charge in [-0.05, 0) is 48.1 Å². The van der Waals surface area contributed by atoms with Gasteiger partial charge in [0.25, 0.3) is 0 Å². The van der Waals surface area contributed by atoms with Crippen LogP contribution < -0.4 is 4.72 Å². The van der Waals surface area contributed by atoms with Crippen molar-refractivity contribution in [1.29, 1.82) is 0 Å². The minimum atomic E-state index is -3.10. The molecule has 0 spiro atoms. The molecule has 0 saturated carbocycles. The van der Waals surface area contributed by atoms with Gasteiger partial charge in [0.1, 0.15) is 0 Å². The predicted molar refractivity (Wildman–Crippen MR) is 81.2 cm³/mol. The van der Waals surface area contributed by atoms with Crippen LogP contribution in [0.2, 0.25) is 0 Å².